The number of benzene rings is 2. The Bertz CT molecular complexity index is 1040. The van der Waals surface area contributed by atoms with Crippen molar-refractivity contribution in [3.05, 3.63) is 81.9 Å². The maximum absolute atomic E-state index is 14.3. The maximum atomic E-state index is 14.3. The highest BCUT2D eigenvalue weighted by molar-refractivity contribution is 5.82. The van der Waals surface area contributed by atoms with Gasteiger partial charge in [-0.15, -0.1) is 0 Å². The monoisotopic (exact) mass is 350 g/mol. The molecule has 0 fully saturated rings. The van der Waals surface area contributed by atoms with Gasteiger partial charge in [0.1, 0.15) is 12.4 Å². The van der Waals surface area contributed by atoms with Gasteiger partial charge in [-0.3, -0.25) is 9.59 Å². The molecule has 0 aliphatic heterocycles. The zero-order valence-electron chi connectivity index (χ0n) is 14.2. The number of nitrogens with one attached hydrogen (secondary N) is 1. The molecule has 0 bridgehead atoms. The summed E-state index contributed by atoms with van der Waals surface area (Å²) in [6.07, 6.45) is 4.11. The fourth-order valence-corrected chi connectivity index (χ4v) is 3.77. The molecule has 0 spiro atoms. The number of amides is 1. The highest BCUT2D eigenvalue weighted by Crippen LogP contribution is 2.31. The van der Waals surface area contributed by atoms with E-state index in [9.17, 15) is 14.0 Å². The van der Waals surface area contributed by atoms with Crippen molar-refractivity contribution in [2.24, 2.45) is 0 Å². The number of para-hydroxylation sites is 1. The summed E-state index contributed by atoms with van der Waals surface area (Å²) in [5.74, 6) is -0.457. The third-order valence-electron chi connectivity index (χ3n) is 4.96. The van der Waals surface area contributed by atoms with Crippen LogP contribution < -0.4 is 10.7 Å². The predicted molar refractivity (Wildman–Crippen MR) is 98.4 cm³/mol. The number of aromatic nitrogens is 1. The summed E-state index contributed by atoms with van der Waals surface area (Å²) in [4.78, 5) is 24.6. The minimum Gasteiger partial charge on any atom is -0.348 e. The SMILES string of the molecule is O=C(Cn1ccc(=O)c2ccccc21)NC1CCCc2cccc(F)c21. The van der Waals surface area contributed by atoms with Crippen molar-refractivity contribution in [1.29, 1.82) is 0 Å². The third kappa shape index (κ3) is 3.01. The van der Waals surface area contributed by atoms with Gasteiger partial charge in [0, 0.05) is 23.2 Å². The second kappa shape index (κ2) is 6.75. The van der Waals surface area contributed by atoms with Crippen LogP contribution in [0.1, 0.15) is 30.0 Å². The van der Waals surface area contributed by atoms with E-state index in [0.29, 0.717) is 16.5 Å². The highest BCUT2D eigenvalue weighted by Gasteiger charge is 2.24. The predicted octanol–water partition coefficient (Wildman–Crippen LogP) is 3.33. The number of rotatable bonds is 3. The van der Waals surface area contributed by atoms with Gasteiger partial charge in [0.25, 0.3) is 0 Å². The molecule has 3 aromatic rings. The van der Waals surface area contributed by atoms with Crippen LogP contribution in [0.15, 0.2) is 59.5 Å². The van der Waals surface area contributed by atoms with Crippen LogP contribution in [0.5, 0.6) is 0 Å². The van der Waals surface area contributed by atoms with Gasteiger partial charge in [0.2, 0.25) is 5.91 Å². The Morgan fingerprint density at radius 3 is 2.88 bits per heavy atom. The molecule has 1 aromatic heterocycles. The Kier molecular flexibility index (Phi) is 4.29. The number of hydrogen-bond donors (Lipinski definition) is 1. The molecule has 1 N–H and O–H groups in total. The van der Waals surface area contributed by atoms with E-state index in [2.05, 4.69) is 5.32 Å². The molecule has 1 atom stereocenters. The summed E-state index contributed by atoms with van der Waals surface area (Å²) in [5.41, 5.74) is 2.22. The first-order chi connectivity index (χ1) is 12.6. The van der Waals surface area contributed by atoms with Gasteiger partial charge >= 0.3 is 0 Å². The molecule has 132 valence electrons. The summed E-state index contributed by atoms with van der Waals surface area (Å²) in [6.45, 7) is 0.0844. The maximum Gasteiger partial charge on any atom is 0.240 e. The van der Waals surface area contributed by atoms with Gasteiger partial charge in [-0.05, 0) is 43.0 Å². The quantitative estimate of drug-likeness (QED) is 0.788. The molecule has 0 saturated carbocycles. The lowest BCUT2D eigenvalue weighted by Gasteiger charge is -2.27. The van der Waals surface area contributed by atoms with Crippen LogP contribution in [0.2, 0.25) is 0 Å². The number of fused-ring (bicyclic) bond motifs is 2. The third-order valence-corrected chi connectivity index (χ3v) is 4.96. The van der Waals surface area contributed by atoms with Crippen LogP contribution in [-0.4, -0.2) is 10.5 Å². The van der Waals surface area contributed by atoms with Crippen LogP contribution in [0.25, 0.3) is 10.9 Å². The minimum absolute atomic E-state index is 0.0689. The largest absolute Gasteiger partial charge is 0.348 e. The number of carbonyl (C=O) groups is 1. The number of nitrogens with zero attached hydrogens (tertiary/aromatic N) is 1. The topological polar surface area (TPSA) is 51.1 Å². The van der Waals surface area contributed by atoms with E-state index in [4.69, 9.17) is 0 Å². The number of aryl methyl sites for hydroxylation is 1. The summed E-state index contributed by atoms with van der Waals surface area (Å²) in [5, 5.41) is 3.55. The Hall–Kier alpha value is -2.95. The van der Waals surface area contributed by atoms with Crippen molar-refractivity contribution in [2.75, 3.05) is 0 Å². The fourth-order valence-electron chi connectivity index (χ4n) is 3.77. The molecular formula is C21H19FN2O2. The zero-order chi connectivity index (χ0) is 18.1. The lowest BCUT2D eigenvalue weighted by molar-refractivity contribution is -0.122. The molecule has 1 amide bonds. The van der Waals surface area contributed by atoms with Crippen molar-refractivity contribution >= 4 is 16.8 Å². The van der Waals surface area contributed by atoms with E-state index in [1.807, 2.05) is 18.2 Å². The Balaban J connectivity index is 1.58. The van der Waals surface area contributed by atoms with Crippen molar-refractivity contribution in [1.82, 2.24) is 9.88 Å². The average molecular weight is 350 g/mol. The second-order valence-electron chi connectivity index (χ2n) is 6.65. The van der Waals surface area contributed by atoms with E-state index in [-0.39, 0.29) is 29.7 Å². The molecule has 4 rings (SSSR count). The molecule has 1 aliphatic carbocycles. The van der Waals surface area contributed by atoms with Gasteiger partial charge in [-0.1, -0.05) is 24.3 Å². The Morgan fingerprint density at radius 1 is 1.15 bits per heavy atom. The van der Waals surface area contributed by atoms with E-state index < -0.39 is 0 Å². The molecule has 2 aromatic carbocycles. The van der Waals surface area contributed by atoms with Gasteiger partial charge < -0.3 is 9.88 Å². The molecular weight excluding hydrogens is 331 g/mol. The van der Waals surface area contributed by atoms with E-state index in [0.717, 1.165) is 24.8 Å². The van der Waals surface area contributed by atoms with Gasteiger partial charge in [-0.25, -0.2) is 4.39 Å². The van der Waals surface area contributed by atoms with Crippen molar-refractivity contribution in [2.45, 2.75) is 31.8 Å². The van der Waals surface area contributed by atoms with Gasteiger partial charge in [0.05, 0.1) is 11.6 Å². The summed E-state index contributed by atoms with van der Waals surface area (Å²) in [7, 11) is 0. The first-order valence-corrected chi connectivity index (χ1v) is 8.78. The summed E-state index contributed by atoms with van der Waals surface area (Å²) in [6, 6.07) is 13.4. The number of hydrogen-bond acceptors (Lipinski definition) is 2. The van der Waals surface area contributed by atoms with E-state index >= 15 is 0 Å². The highest BCUT2D eigenvalue weighted by atomic mass is 19.1. The number of pyridine rings is 1. The first-order valence-electron chi connectivity index (χ1n) is 8.78. The summed E-state index contributed by atoms with van der Waals surface area (Å²) < 4.78 is 16.0. The molecule has 4 nitrogen and oxygen atoms in total. The van der Waals surface area contributed by atoms with Crippen molar-refractivity contribution in [3.63, 3.8) is 0 Å². The fraction of sp³-hybridized carbons (Fsp3) is 0.238. The van der Waals surface area contributed by atoms with Gasteiger partial charge in [-0.2, -0.15) is 0 Å². The standard InChI is InChI=1S/C21H19FN2O2/c22-16-8-3-5-14-6-4-9-17(21(14)16)23-20(26)13-24-12-11-19(25)15-7-1-2-10-18(15)24/h1-3,5,7-8,10-12,17H,4,6,9,13H2,(H,23,26). The molecule has 1 heterocycles. The van der Waals surface area contributed by atoms with Crippen LogP contribution in [-0.2, 0) is 17.8 Å². The molecule has 0 radical (unpaired) electrons. The molecule has 0 saturated heterocycles. The van der Waals surface area contributed by atoms with Crippen LogP contribution in [0.3, 0.4) is 0 Å². The number of halogens is 1. The molecule has 1 aliphatic rings. The number of carbonyl (C=O) groups excluding carboxylic acids is 1. The van der Waals surface area contributed by atoms with Crippen molar-refractivity contribution in [3.8, 4) is 0 Å². The van der Waals surface area contributed by atoms with Crippen molar-refractivity contribution < 1.29 is 9.18 Å². The lowest BCUT2D eigenvalue weighted by atomic mass is 9.87. The molecule has 1 unspecified atom stereocenters. The van der Waals surface area contributed by atoms with Crippen LogP contribution in [0.4, 0.5) is 4.39 Å². The van der Waals surface area contributed by atoms with Gasteiger partial charge in [0.15, 0.2) is 5.43 Å². The van der Waals surface area contributed by atoms with Crippen LogP contribution in [0, 0.1) is 5.82 Å². The lowest BCUT2D eigenvalue weighted by Crippen LogP contribution is -2.34. The smallest absolute Gasteiger partial charge is 0.240 e. The minimum atomic E-state index is -0.307. The van der Waals surface area contributed by atoms with Crippen LogP contribution >= 0.6 is 0 Å². The Labute approximate surface area is 150 Å². The average Bonchev–Trinajstić information content (AvgIpc) is 2.64. The Morgan fingerprint density at radius 2 is 2.00 bits per heavy atom. The molecule has 26 heavy (non-hydrogen) atoms. The van der Waals surface area contributed by atoms with E-state index in [1.165, 1.54) is 12.1 Å². The first kappa shape index (κ1) is 16.5. The zero-order valence-corrected chi connectivity index (χ0v) is 14.2. The molecule has 5 heteroatoms. The summed E-state index contributed by atoms with van der Waals surface area (Å²) >= 11 is 0. The van der Waals surface area contributed by atoms with E-state index in [1.54, 1.807) is 29.0 Å². The normalized spacial score (nSPS) is 16.3. The second-order valence-corrected chi connectivity index (χ2v) is 6.65.